The minimum absolute atomic E-state index is 0.285. The Morgan fingerprint density at radius 1 is 1.46 bits per heavy atom. The number of hydroxylamine groups is 1. The summed E-state index contributed by atoms with van der Waals surface area (Å²) in [7, 11) is 0. The van der Waals surface area contributed by atoms with Crippen molar-refractivity contribution < 1.29 is 20.2 Å². The Labute approximate surface area is 77.3 Å². The molecule has 0 rings (SSSR count). The highest BCUT2D eigenvalue weighted by Crippen LogP contribution is 2.10. The maximum atomic E-state index is 10.2. The van der Waals surface area contributed by atoms with Crippen LogP contribution < -0.4 is 5.48 Å². The molecule has 0 bridgehead atoms. The fourth-order valence-corrected chi connectivity index (χ4v) is 1.12. The van der Waals surface area contributed by atoms with E-state index >= 15 is 0 Å². The molecular weight excluding hydrogens is 174 g/mol. The molecule has 0 aliphatic carbocycles. The highest BCUT2D eigenvalue weighted by Gasteiger charge is 2.21. The van der Waals surface area contributed by atoms with Gasteiger partial charge in [-0.3, -0.25) is 4.79 Å². The highest BCUT2D eigenvalue weighted by atomic mass is 16.5. The Balaban J connectivity index is 3.98. The highest BCUT2D eigenvalue weighted by molar-refractivity contribution is 5.67. The maximum absolute atomic E-state index is 10.2. The van der Waals surface area contributed by atoms with Crippen LogP contribution in [-0.4, -0.2) is 33.5 Å². The van der Waals surface area contributed by atoms with Crippen LogP contribution in [0, 0.1) is 5.92 Å². The minimum atomic E-state index is -1.07. The van der Waals surface area contributed by atoms with Gasteiger partial charge in [0.1, 0.15) is 0 Å². The number of nitrogens with one attached hydrogen (secondary N) is 1. The molecule has 0 radical (unpaired) electrons. The van der Waals surface area contributed by atoms with Crippen LogP contribution in [0.4, 0.5) is 0 Å². The van der Waals surface area contributed by atoms with Crippen molar-refractivity contribution in [2.24, 2.45) is 5.92 Å². The summed E-state index contributed by atoms with van der Waals surface area (Å²) in [6, 6.07) is -0.573. The summed E-state index contributed by atoms with van der Waals surface area (Å²) in [5.41, 5.74) is 1.93. The molecule has 0 saturated heterocycles. The predicted molar refractivity (Wildman–Crippen MR) is 46.4 cm³/mol. The smallest absolute Gasteiger partial charge is 0.306 e. The normalized spacial score (nSPS) is 15.8. The summed E-state index contributed by atoms with van der Waals surface area (Å²) >= 11 is 0. The second-order valence-electron chi connectivity index (χ2n) is 3.53. The van der Waals surface area contributed by atoms with E-state index in [2.05, 4.69) is 0 Å². The van der Waals surface area contributed by atoms with Crippen molar-refractivity contribution >= 4 is 5.97 Å². The van der Waals surface area contributed by atoms with Gasteiger partial charge in [0.25, 0.3) is 0 Å². The number of rotatable bonds is 6. The van der Waals surface area contributed by atoms with Crippen LogP contribution in [0.25, 0.3) is 0 Å². The number of carboxylic acid groups (broad SMARTS) is 1. The molecule has 0 amide bonds. The van der Waals surface area contributed by atoms with E-state index in [1.165, 1.54) is 0 Å². The minimum Gasteiger partial charge on any atom is -0.481 e. The lowest BCUT2D eigenvalue weighted by Crippen LogP contribution is -2.40. The van der Waals surface area contributed by atoms with Crippen molar-refractivity contribution in [2.45, 2.75) is 38.8 Å². The molecule has 78 valence electrons. The second-order valence-corrected chi connectivity index (χ2v) is 3.53. The molecule has 5 heteroatoms. The van der Waals surface area contributed by atoms with Crippen molar-refractivity contribution in [1.29, 1.82) is 0 Å². The maximum Gasteiger partial charge on any atom is 0.306 e. The van der Waals surface area contributed by atoms with Crippen LogP contribution >= 0.6 is 0 Å². The van der Waals surface area contributed by atoms with Gasteiger partial charge in [0.2, 0.25) is 0 Å². The van der Waals surface area contributed by atoms with Gasteiger partial charge in [0.05, 0.1) is 18.6 Å². The quantitative estimate of drug-likeness (QED) is 0.451. The summed E-state index contributed by atoms with van der Waals surface area (Å²) in [5, 5.41) is 26.4. The summed E-state index contributed by atoms with van der Waals surface area (Å²) in [6.07, 6.45) is -0.875. The standard InChI is InChI=1S/C8H17NO4/c1-5(2)3-6(9-13)7(10)4-8(11)12/h5-7,9-10,13H,3-4H2,1-2H3,(H,11,12)/t6-,7-/m0/s1. The monoisotopic (exact) mass is 191 g/mol. The van der Waals surface area contributed by atoms with E-state index in [0.717, 1.165) is 0 Å². The molecule has 4 N–H and O–H groups in total. The van der Waals surface area contributed by atoms with E-state index in [1.54, 1.807) is 0 Å². The molecule has 0 aromatic rings. The zero-order chi connectivity index (χ0) is 10.4. The third-order valence-electron chi connectivity index (χ3n) is 1.74. The Morgan fingerprint density at radius 3 is 2.31 bits per heavy atom. The number of aliphatic hydroxyl groups is 1. The Morgan fingerprint density at radius 2 is 2.00 bits per heavy atom. The molecule has 0 aliphatic heterocycles. The van der Waals surface area contributed by atoms with E-state index in [9.17, 15) is 9.90 Å². The number of carboxylic acids is 1. The van der Waals surface area contributed by atoms with Gasteiger partial charge in [-0.05, 0) is 12.3 Å². The average molecular weight is 191 g/mol. The van der Waals surface area contributed by atoms with Crippen molar-refractivity contribution in [2.75, 3.05) is 0 Å². The topological polar surface area (TPSA) is 89.8 Å². The largest absolute Gasteiger partial charge is 0.481 e. The average Bonchev–Trinajstić information content (AvgIpc) is 1.98. The third-order valence-corrected chi connectivity index (χ3v) is 1.74. The van der Waals surface area contributed by atoms with Gasteiger partial charge in [0, 0.05) is 0 Å². The third kappa shape index (κ3) is 5.57. The Kier molecular flexibility index (Phi) is 5.61. The van der Waals surface area contributed by atoms with Gasteiger partial charge in [-0.25, -0.2) is 0 Å². The van der Waals surface area contributed by atoms with Crippen LogP contribution in [0.15, 0.2) is 0 Å². The number of carbonyl (C=O) groups is 1. The molecule has 0 aromatic carbocycles. The van der Waals surface area contributed by atoms with Crippen molar-refractivity contribution in [3.8, 4) is 0 Å². The van der Waals surface area contributed by atoms with Gasteiger partial charge in [-0.1, -0.05) is 13.8 Å². The van der Waals surface area contributed by atoms with Gasteiger partial charge >= 0.3 is 5.97 Å². The molecule has 13 heavy (non-hydrogen) atoms. The Hall–Kier alpha value is -0.650. The van der Waals surface area contributed by atoms with Crippen molar-refractivity contribution in [3.05, 3.63) is 0 Å². The fourth-order valence-electron chi connectivity index (χ4n) is 1.12. The fraction of sp³-hybridized carbons (Fsp3) is 0.875. The van der Waals surface area contributed by atoms with Gasteiger partial charge < -0.3 is 15.4 Å². The van der Waals surface area contributed by atoms with Crippen LogP contribution in [0.1, 0.15) is 26.7 Å². The molecule has 0 fully saturated rings. The van der Waals surface area contributed by atoms with Gasteiger partial charge in [-0.2, -0.15) is 5.48 Å². The van der Waals surface area contributed by atoms with E-state index < -0.39 is 18.1 Å². The molecule has 0 saturated carbocycles. The summed E-state index contributed by atoms with van der Waals surface area (Å²) in [4.78, 5) is 10.2. The lowest BCUT2D eigenvalue weighted by molar-refractivity contribution is -0.140. The number of hydrogen-bond acceptors (Lipinski definition) is 4. The van der Waals surface area contributed by atoms with Crippen molar-refractivity contribution in [1.82, 2.24) is 5.48 Å². The molecule has 0 unspecified atom stereocenters. The zero-order valence-electron chi connectivity index (χ0n) is 7.90. The molecule has 0 spiro atoms. The van der Waals surface area contributed by atoms with E-state index in [-0.39, 0.29) is 12.3 Å². The van der Waals surface area contributed by atoms with E-state index in [0.29, 0.717) is 6.42 Å². The zero-order valence-corrected chi connectivity index (χ0v) is 7.90. The first-order valence-corrected chi connectivity index (χ1v) is 4.26. The van der Waals surface area contributed by atoms with Crippen LogP contribution in [0.2, 0.25) is 0 Å². The molecule has 2 atom stereocenters. The van der Waals surface area contributed by atoms with Crippen LogP contribution in [-0.2, 0) is 4.79 Å². The summed E-state index contributed by atoms with van der Waals surface area (Å²) < 4.78 is 0. The number of aliphatic hydroxyl groups excluding tert-OH is 1. The predicted octanol–water partition coefficient (Wildman–Crippen LogP) is 0.215. The molecule has 0 heterocycles. The lowest BCUT2D eigenvalue weighted by atomic mass is 9.98. The molecule has 5 nitrogen and oxygen atoms in total. The first-order valence-electron chi connectivity index (χ1n) is 4.26. The Bertz CT molecular complexity index is 160. The first kappa shape index (κ1) is 12.3. The first-order chi connectivity index (χ1) is 5.97. The molecular formula is C8H17NO4. The van der Waals surface area contributed by atoms with Crippen LogP contribution in [0.5, 0.6) is 0 Å². The van der Waals surface area contributed by atoms with E-state index in [1.807, 2.05) is 19.3 Å². The van der Waals surface area contributed by atoms with E-state index in [4.69, 9.17) is 10.3 Å². The number of hydrogen-bond donors (Lipinski definition) is 4. The summed E-state index contributed by atoms with van der Waals surface area (Å²) in [5.74, 6) is -0.787. The second kappa shape index (κ2) is 5.90. The SMILES string of the molecule is CC(C)C[C@H](NO)[C@@H](O)CC(=O)O. The molecule has 0 aliphatic rings. The van der Waals surface area contributed by atoms with Gasteiger partial charge in [0.15, 0.2) is 0 Å². The van der Waals surface area contributed by atoms with Crippen molar-refractivity contribution in [3.63, 3.8) is 0 Å². The summed E-state index contributed by atoms with van der Waals surface area (Å²) in [6.45, 7) is 3.86. The van der Waals surface area contributed by atoms with Gasteiger partial charge in [-0.15, -0.1) is 0 Å². The number of aliphatic carboxylic acids is 1. The lowest BCUT2D eigenvalue weighted by Gasteiger charge is -2.21. The van der Waals surface area contributed by atoms with Crippen LogP contribution in [0.3, 0.4) is 0 Å². The molecule has 0 aromatic heterocycles.